The van der Waals surface area contributed by atoms with Crippen molar-refractivity contribution in [2.24, 2.45) is 0 Å². The Morgan fingerprint density at radius 1 is 0.733 bits per heavy atom. The number of aromatic nitrogens is 3. The normalized spacial score (nSPS) is 12.2. The first kappa shape index (κ1) is 16.1. The van der Waals surface area contributed by atoms with Crippen LogP contribution in [0.4, 0.5) is 0 Å². The van der Waals surface area contributed by atoms with Crippen LogP contribution in [-0.4, -0.2) is 14.0 Å². The highest BCUT2D eigenvalue weighted by Crippen LogP contribution is 2.35. The molecule has 0 amide bonds. The van der Waals surface area contributed by atoms with Gasteiger partial charge in [-0.2, -0.15) is 0 Å². The Bertz CT molecular complexity index is 1770. The fourth-order valence-electron chi connectivity index (χ4n) is 4.51. The number of fused-ring (bicyclic) bond motifs is 8. The summed E-state index contributed by atoms with van der Waals surface area (Å²) in [6.07, 6.45) is 0. The summed E-state index contributed by atoms with van der Waals surface area (Å²) in [6.45, 7) is 0. The second kappa shape index (κ2) is 5.65. The van der Waals surface area contributed by atoms with Gasteiger partial charge in [0.05, 0.1) is 32.8 Å². The molecule has 4 aromatic carbocycles. The summed E-state index contributed by atoms with van der Waals surface area (Å²) in [5.74, 6) is 0.828. The van der Waals surface area contributed by atoms with E-state index in [9.17, 15) is 0 Å². The van der Waals surface area contributed by atoms with Crippen molar-refractivity contribution in [1.82, 2.24) is 14.0 Å². The summed E-state index contributed by atoms with van der Waals surface area (Å²) >= 11 is 6.66. The van der Waals surface area contributed by atoms with Gasteiger partial charge in [0.1, 0.15) is 11.2 Å². The molecule has 0 fully saturated rings. The smallest absolute Gasteiger partial charge is 0.220 e. The van der Waals surface area contributed by atoms with Gasteiger partial charge in [0.15, 0.2) is 0 Å². The molecule has 0 saturated heterocycles. The van der Waals surface area contributed by atoms with Crippen molar-refractivity contribution in [3.63, 3.8) is 0 Å². The van der Waals surface area contributed by atoms with Gasteiger partial charge in [-0.05, 0) is 42.5 Å². The lowest BCUT2D eigenvalue weighted by molar-refractivity contribution is 0.668. The fourth-order valence-corrected chi connectivity index (χ4v) is 4.76. The predicted octanol–water partition coefficient (Wildman–Crippen LogP) is 6.98. The number of hydrogen-bond donors (Lipinski definition) is 0. The number of halogens is 1. The molecule has 142 valence electrons. The third-order valence-electron chi connectivity index (χ3n) is 5.79. The van der Waals surface area contributed by atoms with Gasteiger partial charge in [0, 0.05) is 16.8 Å². The van der Waals surface area contributed by atoms with Crippen LogP contribution in [0.5, 0.6) is 0 Å². The Hall–Kier alpha value is -3.76. The van der Waals surface area contributed by atoms with Gasteiger partial charge in [-0.3, -0.25) is 8.97 Å². The zero-order chi connectivity index (χ0) is 19.8. The van der Waals surface area contributed by atoms with Gasteiger partial charge >= 0.3 is 0 Å². The van der Waals surface area contributed by atoms with Crippen LogP contribution in [0, 0.1) is 0 Å². The van der Waals surface area contributed by atoms with Crippen LogP contribution in [0.25, 0.3) is 55.5 Å². The zero-order valence-electron chi connectivity index (χ0n) is 15.7. The molecule has 5 heteroatoms. The molecule has 0 unspecified atom stereocenters. The van der Waals surface area contributed by atoms with Crippen molar-refractivity contribution in [3.05, 3.63) is 90.0 Å². The molecule has 0 spiro atoms. The average molecular weight is 408 g/mol. The molecule has 0 aliphatic rings. The molecule has 30 heavy (non-hydrogen) atoms. The molecule has 0 radical (unpaired) electrons. The Balaban J connectivity index is 1.64. The van der Waals surface area contributed by atoms with Crippen molar-refractivity contribution in [1.29, 1.82) is 0 Å². The van der Waals surface area contributed by atoms with Crippen molar-refractivity contribution in [3.8, 4) is 5.69 Å². The van der Waals surface area contributed by atoms with Crippen molar-refractivity contribution >= 4 is 61.4 Å². The van der Waals surface area contributed by atoms with E-state index in [1.807, 2.05) is 48.5 Å². The van der Waals surface area contributed by atoms with E-state index in [-0.39, 0.29) is 0 Å². The van der Waals surface area contributed by atoms with Gasteiger partial charge in [-0.1, -0.05) is 48.0 Å². The predicted molar refractivity (Wildman–Crippen MR) is 122 cm³/mol. The molecule has 0 N–H and O–H groups in total. The van der Waals surface area contributed by atoms with Crippen LogP contribution in [0.2, 0.25) is 5.02 Å². The lowest BCUT2D eigenvalue weighted by Crippen LogP contribution is -1.94. The third kappa shape index (κ3) is 1.98. The fraction of sp³-hybridized carbons (Fsp3) is 0. The number of benzene rings is 4. The quantitative estimate of drug-likeness (QED) is 0.294. The minimum atomic E-state index is 0.698. The average Bonchev–Trinajstić information content (AvgIpc) is 3.41. The highest BCUT2D eigenvalue weighted by atomic mass is 35.5. The highest BCUT2D eigenvalue weighted by molar-refractivity contribution is 6.35. The molecule has 0 bridgehead atoms. The minimum absolute atomic E-state index is 0.698. The molecule has 3 heterocycles. The van der Waals surface area contributed by atoms with E-state index in [0.717, 1.165) is 55.5 Å². The number of hydrogen-bond acceptors (Lipinski definition) is 2. The number of imidazole rings is 2. The Morgan fingerprint density at radius 2 is 1.53 bits per heavy atom. The molecule has 0 saturated carbocycles. The lowest BCUT2D eigenvalue weighted by atomic mass is 10.1. The molecule has 0 aliphatic heterocycles. The van der Waals surface area contributed by atoms with Crippen LogP contribution in [0.15, 0.2) is 89.3 Å². The van der Waals surface area contributed by atoms with E-state index in [4.69, 9.17) is 21.0 Å². The monoisotopic (exact) mass is 407 g/mol. The molecule has 4 nitrogen and oxygen atoms in total. The van der Waals surface area contributed by atoms with Crippen LogP contribution in [-0.2, 0) is 0 Å². The standard InChI is InChI=1S/C25H14ClN3O/c26-18-7-5-10-21-24(18)29-20-9-3-2-8-19(20)27-25(29)28(21)15-12-13-17-16-6-1-4-11-22(16)30-23(17)14-15/h1-14H. The minimum Gasteiger partial charge on any atom is -0.456 e. The molecule has 7 rings (SSSR count). The Morgan fingerprint density at radius 3 is 2.50 bits per heavy atom. The Kier molecular flexibility index (Phi) is 3.03. The van der Waals surface area contributed by atoms with Crippen LogP contribution < -0.4 is 0 Å². The second-order valence-corrected chi connectivity index (χ2v) is 7.86. The van der Waals surface area contributed by atoms with Gasteiger partial charge < -0.3 is 4.42 Å². The number of nitrogens with zero attached hydrogens (tertiary/aromatic N) is 3. The molecular weight excluding hydrogens is 394 g/mol. The van der Waals surface area contributed by atoms with Gasteiger partial charge in [-0.15, -0.1) is 0 Å². The largest absolute Gasteiger partial charge is 0.456 e. The molecule has 0 atom stereocenters. The van der Waals surface area contributed by atoms with Crippen molar-refractivity contribution in [2.45, 2.75) is 0 Å². The van der Waals surface area contributed by atoms with E-state index in [1.165, 1.54) is 0 Å². The molecule has 7 aromatic rings. The summed E-state index contributed by atoms with van der Waals surface area (Å²) in [6, 6.07) is 28.5. The van der Waals surface area contributed by atoms with E-state index in [2.05, 4.69) is 45.4 Å². The van der Waals surface area contributed by atoms with Crippen LogP contribution in [0.3, 0.4) is 0 Å². The van der Waals surface area contributed by atoms with E-state index in [0.29, 0.717) is 5.02 Å². The van der Waals surface area contributed by atoms with E-state index in [1.54, 1.807) is 0 Å². The highest BCUT2D eigenvalue weighted by Gasteiger charge is 2.19. The first-order chi connectivity index (χ1) is 14.8. The second-order valence-electron chi connectivity index (χ2n) is 7.46. The Labute approximate surface area is 175 Å². The van der Waals surface area contributed by atoms with Crippen molar-refractivity contribution < 1.29 is 4.42 Å². The maximum atomic E-state index is 6.66. The first-order valence-electron chi connectivity index (χ1n) is 9.77. The van der Waals surface area contributed by atoms with Gasteiger partial charge in [0.2, 0.25) is 5.78 Å². The van der Waals surface area contributed by atoms with Crippen molar-refractivity contribution in [2.75, 3.05) is 0 Å². The maximum Gasteiger partial charge on any atom is 0.220 e. The van der Waals surface area contributed by atoms with Crippen LogP contribution >= 0.6 is 11.6 Å². The molecule has 0 aliphatic carbocycles. The number of para-hydroxylation sites is 4. The van der Waals surface area contributed by atoms with E-state index >= 15 is 0 Å². The zero-order valence-corrected chi connectivity index (χ0v) is 16.5. The summed E-state index contributed by atoms with van der Waals surface area (Å²) in [5, 5.41) is 2.92. The maximum absolute atomic E-state index is 6.66. The summed E-state index contributed by atoms with van der Waals surface area (Å²) in [4.78, 5) is 4.93. The van der Waals surface area contributed by atoms with E-state index < -0.39 is 0 Å². The SMILES string of the molecule is Clc1cccc2c1n1c3ccccc3nc1n2-c1ccc2c(c1)oc1ccccc12. The van der Waals surface area contributed by atoms with Gasteiger partial charge in [0.25, 0.3) is 0 Å². The number of furan rings is 1. The topological polar surface area (TPSA) is 35.4 Å². The lowest BCUT2D eigenvalue weighted by Gasteiger charge is -2.05. The summed E-state index contributed by atoms with van der Waals surface area (Å²) in [5.41, 5.74) is 6.66. The molecular formula is C25H14ClN3O. The third-order valence-corrected chi connectivity index (χ3v) is 6.10. The van der Waals surface area contributed by atoms with Crippen LogP contribution in [0.1, 0.15) is 0 Å². The number of rotatable bonds is 1. The summed E-state index contributed by atoms with van der Waals surface area (Å²) < 4.78 is 10.4. The van der Waals surface area contributed by atoms with Gasteiger partial charge in [-0.25, -0.2) is 4.98 Å². The molecule has 3 aromatic heterocycles. The summed E-state index contributed by atoms with van der Waals surface area (Å²) in [7, 11) is 0. The first-order valence-corrected chi connectivity index (χ1v) is 10.2.